The molecule has 0 bridgehead atoms. The minimum absolute atomic E-state index is 0.0742. The molecule has 0 fully saturated rings. The first kappa shape index (κ1) is 25.5. The lowest BCUT2D eigenvalue weighted by Crippen LogP contribution is -2.13. The van der Waals surface area contributed by atoms with Gasteiger partial charge in [0, 0.05) is 5.92 Å². The summed E-state index contributed by atoms with van der Waals surface area (Å²) in [4.78, 5) is 12.5. The van der Waals surface area contributed by atoms with Crippen molar-refractivity contribution >= 4 is 28.5 Å². The van der Waals surface area contributed by atoms with Crippen LogP contribution in [0.5, 0.6) is 23.0 Å². The Bertz CT molecular complexity index is 1220. The fraction of sp³-hybridized carbons (Fsp3) is 0.280. The Morgan fingerprint density at radius 3 is 2.37 bits per heavy atom. The number of benzene rings is 2. The van der Waals surface area contributed by atoms with E-state index >= 15 is 0 Å². The summed E-state index contributed by atoms with van der Waals surface area (Å²) in [6.07, 6.45) is 1.47. The molecule has 9 nitrogen and oxygen atoms in total. The average Bonchev–Trinajstić information content (AvgIpc) is 3.34. The monoisotopic (exact) mass is 494 g/mol. The number of ether oxygens (including phenoxy) is 4. The second-order valence-electron chi connectivity index (χ2n) is 7.51. The molecule has 1 heterocycles. The van der Waals surface area contributed by atoms with E-state index in [1.807, 2.05) is 44.2 Å². The van der Waals surface area contributed by atoms with Gasteiger partial charge in [-0.1, -0.05) is 31.3 Å². The first-order valence-corrected chi connectivity index (χ1v) is 11.6. The van der Waals surface area contributed by atoms with Gasteiger partial charge in [-0.25, -0.2) is 0 Å². The molecule has 0 unspecified atom stereocenters. The zero-order valence-corrected chi connectivity index (χ0v) is 20.7. The van der Waals surface area contributed by atoms with Gasteiger partial charge in [-0.15, -0.1) is 10.2 Å². The highest BCUT2D eigenvalue weighted by atomic mass is 32.1. The zero-order chi connectivity index (χ0) is 25.2. The quantitative estimate of drug-likeness (QED) is 0.232. The number of carbonyl (C=O) groups excluding carboxylic acids is 1. The number of amides is 1. The normalized spacial score (nSPS) is 11.0. The number of nitrogens with zero attached hydrogens (tertiary/aromatic N) is 3. The van der Waals surface area contributed by atoms with Gasteiger partial charge in [0.25, 0.3) is 5.91 Å². The first-order chi connectivity index (χ1) is 16.9. The molecule has 0 saturated carbocycles. The van der Waals surface area contributed by atoms with Crippen LogP contribution in [0.1, 0.15) is 30.3 Å². The SMILES string of the molecule is COc1ccc(OCCOc2ccc(C=C(C#N)C(=O)Nc3nnc(C(C)C)s3)cc2OC)cc1. The lowest BCUT2D eigenvalue weighted by atomic mass is 10.1. The van der Waals surface area contributed by atoms with Crippen molar-refractivity contribution in [1.29, 1.82) is 5.26 Å². The van der Waals surface area contributed by atoms with Crippen molar-refractivity contribution < 1.29 is 23.7 Å². The molecule has 0 spiro atoms. The van der Waals surface area contributed by atoms with E-state index in [0.29, 0.717) is 41.2 Å². The summed E-state index contributed by atoms with van der Waals surface area (Å²) in [6.45, 7) is 4.60. The van der Waals surface area contributed by atoms with Crippen LogP contribution in [-0.4, -0.2) is 43.5 Å². The van der Waals surface area contributed by atoms with Gasteiger partial charge < -0.3 is 18.9 Å². The molecule has 35 heavy (non-hydrogen) atoms. The highest BCUT2D eigenvalue weighted by molar-refractivity contribution is 7.15. The predicted octanol–water partition coefficient (Wildman–Crippen LogP) is 4.68. The number of hydrogen-bond acceptors (Lipinski definition) is 9. The van der Waals surface area contributed by atoms with Crippen LogP contribution in [0, 0.1) is 11.3 Å². The lowest BCUT2D eigenvalue weighted by molar-refractivity contribution is -0.112. The molecule has 0 atom stereocenters. The van der Waals surface area contributed by atoms with E-state index in [4.69, 9.17) is 18.9 Å². The summed E-state index contributed by atoms with van der Waals surface area (Å²) in [5, 5.41) is 21.2. The molecular formula is C25H26N4O5S. The summed E-state index contributed by atoms with van der Waals surface area (Å²) in [6, 6.07) is 14.3. The second kappa shape index (κ2) is 12.4. The molecule has 10 heteroatoms. The number of hydrogen-bond donors (Lipinski definition) is 1. The van der Waals surface area contributed by atoms with Gasteiger partial charge in [-0.3, -0.25) is 10.1 Å². The Morgan fingerprint density at radius 1 is 1.03 bits per heavy atom. The third kappa shape index (κ3) is 7.19. The Kier molecular flexibility index (Phi) is 9.03. The summed E-state index contributed by atoms with van der Waals surface area (Å²) >= 11 is 1.28. The fourth-order valence-corrected chi connectivity index (χ4v) is 3.62. The third-order valence-electron chi connectivity index (χ3n) is 4.69. The van der Waals surface area contributed by atoms with Gasteiger partial charge in [0.15, 0.2) is 11.5 Å². The van der Waals surface area contributed by atoms with E-state index in [1.165, 1.54) is 24.5 Å². The van der Waals surface area contributed by atoms with E-state index in [-0.39, 0.29) is 11.5 Å². The van der Waals surface area contributed by atoms with E-state index in [9.17, 15) is 10.1 Å². The van der Waals surface area contributed by atoms with Crippen molar-refractivity contribution in [2.45, 2.75) is 19.8 Å². The number of carbonyl (C=O) groups is 1. The smallest absolute Gasteiger partial charge is 0.268 e. The molecule has 3 aromatic rings. The predicted molar refractivity (Wildman–Crippen MR) is 133 cm³/mol. The number of nitrogens with one attached hydrogen (secondary N) is 1. The van der Waals surface area contributed by atoms with Crippen molar-refractivity contribution in [2.75, 3.05) is 32.8 Å². The molecule has 2 aromatic carbocycles. The second-order valence-corrected chi connectivity index (χ2v) is 8.52. The maximum atomic E-state index is 12.5. The molecule has 0 aliphatic carbocycles. The number of aromatic nitrogens is 2. The van der Waals surface area contributed by atoms with Gasteiger partial charge in [-0.05, 0) is 48.0 Å². The molecule has 182 valence electrons. The molecule has 3 rings (SSSR count). The van der Waals surface area contributed by atoms with E-state index < -0.39 is 5.91 Å². The van der Waals surface area contributed by atoms with Gasteiger partial charge in [-0.2, -0.15) is 5.26 Å². The molecule has 1 amide bonds. The maximum Gasteiger partial charge on any atom is 0.268 e. The van der Waals surface area contributed by atoms with Crippen LogP contribution in [0.25, 0.3) is 6.08 Å². The standard InChI is InChI=1S/C25H26N4O5S/c1-16(2)24-28-29-25(35-24)27-23(30)18(15-26)13-17-5-10-21(22(14-17)32-4)34-12-11-33-20-8-6-19(31-3)7-9-20/h5-10,13-14,16H,11-12H2,1-4H3,(H,27,29,30). The number of nitriles is 1. The highest BCUT2D eigenvalue weighted by Crippen LogP contribution is 2.29. The van der Waals surface area contributed by atoms with E-state index in [1.54, 1.807) is 25.3 Å². The summed E-state index contributed by atoms with van der Waals surface area (Å²) in [5.41, 5.74) is 0.533. The lowest BCUT2D eigenvalue weighted by Gasteiger charge is -2.12. The van der Waals surface area contributed by atoms with Crippen molar-refractivity contribution in [3.8, 4) is 29.1 Å². The van der Waals surface area contributed by atoms with Crippen molar-refractivity contribution in [2.24, 2.45) is 0 Å². The highest BCUT2D eigenvalue weighted by Gasteiger charge is 2.15. The summed E-state index contributed by atoms with van der Waals surface area (Å²) in [7, 11) is 3.12. The van der Waals surface area contributed by atoms with Gasteiger partial charge in [0.05, 0.1) is 14.2 Å². The van der Waals surface area contributed by atoms with Crippen molar-refractivity contribution in [1.82, 2.24) is 10.2 Å². The van der Waals surface area contributed by atoms with Crippen LogP contribution in [0.2, 0.25) is 0 Å². The third-order valence-corrected chi connectivity index (χ3v) is 5.83. The number of rotatable bonds is 11. The first-order valence-electron chi connectivity index (χ1n) is 10.8. The van der Waals surface area contributed by atoms with Crippen LogP contribution in [0.15, 0.2) is 48.0 Å². The van der Waals surface area contributed by atoms with Crippen molar-refractivity contribution in [3.05, 3.63) is 58.6 Å². The van der Waals surface area contributed by atoms with Crippen LogP contribution in [0.4, 0.5) is 5.13 Å². The average molecular weight is 495 g/mol. The Labute approximate surface area is 207 Å². The van der Waals surface area contributed by atoms with E-state index in [2.05, 4.69) is 15.5 Å². The van der Waals surface area contributed by atoms with Crippen LogP contribution in [0.3, 0.4) is 0 Å². The summed E-state index contributed by atoms with van der Waals surface area (Å²) < 4.78 is 22.0. The molecule has 1 N–H and O–H groups in total. The summed E-state index contributed by atoms with van der Waals surface area (Å²) in [5.74, 6) is 2.08. The Balaban J connectivity index is 1.60. The largest absolute Gasteiger partial charge is 0.497 e. The maximum absolute atomic E-state index is 12.5. The fourth-order valence-electron chi connectivity index (χ4n) is 2.87. The van der Waals surface area contributed by atoms with Crippen molar-refractivity contribution in [3.63, 3.8) is 0 Å². The molecule has 0 aliphatic rings. The topological polar surface area (TPSA) is 116 Å². The van der Waals surface area contributed by atoms with Crippen LogP contribution < -0.4 is 24.3 Å². The molecule has 0 aliphatic heterocycles. The van der Waals surface area contributed by atoms with Gasteiger partial charge in [0.1, 0.15) is 41.4 Å². The Morgan fingerprint density at radius 2 is 1.74 bits per heavy atom. The van der Waals surface area contributed by atoms with Gasteiger partial charge >= 0.3 is 0 Å². The minimum Gasteiger partial charge on any atom is -0.497 e. The zero-order valence-electron chi connectivity index (χ0n) is 19.9. The molecular weight excluding hydrogens is 468 g/mol. The minimum atomic E-state index is -0.561. The van der Waals surface area contributed by atoms with E-state index in [0.717, 1.165) is 10.8 Å². The Hall–Kier alpha value is -4.10. The number of anilines is 1. The molecule has 0 radical (unpaired) electrons. The van der Waals surface area contributed by atoms with Gasteiger partial charge in [0.2, 0.25) is 5.13 Å². The number of methoxy groups -OCH3 is 2. The molecule has 0 saturated heterocycles. The molecule has 1 aromatic heterocycles. The van der Waals surface area contributed by atoms with Crippen LogP contribution >= 0.6 is 11.3 Å². The van der Waals surface area contributed by atoms with Crippen LogP contribution in [-0.2, 0) is 4.79 Å².